The Bertz CT molecular complexity index is 229. The normalized spacial score (nSPS) is 12.0. The van der Waals surface area contributed by atoms with Gasteiger partial charge in [0.2, 0.25) is 0 Å². The Balaban J connectivity index is 3.05. The van der Waals surface area contributed by atoms with Crippen molar-refractivity contribution < 1.29 is 8.78 Å². The summed E-state index contributed by atoms with van der Waals surface area (Å²) in [5.74, 6) is 0. The van der Waals surface area contributed by atoms with Crippen LogP contribution in [-0.4, -0.2) is 9.78 Å². The molecule has 0 aliphatic heterocycles. The van der Waals surface area contributed by atoms with Crippen LogP contribution in [0.2, 0.25) is 0 Å². The second-order valence-corrected chi connectivity index (χ2v) is 3.30. The lowest BCUT2D eigenvalue weighted by Gasteiger charge is -2.08. The zero-order valence-electron chi connectivity index (χ0n) is 4.56. The zero-order chi connectivity index (χ0) is 7.78. The summed E-state index contributed by atoms with van der Waals surface area (Å²) >= 11 is 5.05. The molecule has 0 fully saturated rings. The molecule has 0 N–H and O–H groups in total. The first-order valence-electron chi connectivity index (χ1n) is 2.28. The summed E-state index contributed by atoms with van der Waals surface area (Å²) in [6.07, 6.45) is 1.28. The molecule has 0 amide bonds. The lowest BCUT2D eigenvalue weighted by atomic mass is 10.8. The second kappa shape index (κ2) is 2.58. The van der Waals surface area contributed by atoms with Gasteiger partial charge in [0.1, 0.15) is 4.60 Å². The molecule has 6 heteroatoms. The second-order valence-electron chi connectivity index (χ2n) is 1.53. The van der Waals surface area contributed by atoms with E-state index < -0.39 is 4.96 Å². The van der Waals surface area contributed by atoms with Gasteiger partial charge in [-0.2, -0.15) is 18.6 Å². The van der Waals surface area contributed by atoms with Gasteiger partial charge in [0.05, 0.1) is 6.20 Å². The summed E-state index contributed by atoms with van der Waals surface area (Å²) in [7, 11) is 0. The van der Waals surface area contributed by atoms with Gasteiger partial charge in [-0.05, 0) is 22.0 Å². The van der Waals surface area contributed by atoms with Crippen molar-refractivity contribution in [2.75, 3.05) is 0 Å². The van der Waals surface area contributed by atoms with Gasteiger partial charge in [-0.15, -0.1) is 0 Å². The van der Waals surface area contributed by atoms with Crippen LogP contribution in [0.3, 0.4) is 0 Å². The van der Waals surface area contributed by atoms with Crippen LogP contribution in [0.25, 0.3) is 0 Å². The third-order valence-corrected chi connectivity index (χ3v) is 1.77. The summed E-state index contributed by atoms with van der Waals surface area (Å²) < 4.78 is 25.4. The summed E-state index contributed by atoms with van der Waals surface area (Å²) in [5.41, 5.74) is 0. The molecule has 56 valence electrons. The maximum Gasteiger partial charge on any atom is 0.401 e. The van der Waals surface area contributed by atoms with E-state index in [1.807, 2.05) is 0 Å². The van der Waals surface area contributed by atoms with Crippen molar-refractivity contribution in [1.82, 2.24) is 9.78 Å². The third kappa shape index (κ3) is 1.54. The van der Waals surface area contributed by atoms with Gasteiger partial charge in [-0.1, -0.05) is 0 Å². The lowest BCUT2D eigenvalue weighted by molar-refractivity contribution is 0.0176. The van der Waals surface area contributed by atoms with E-state index in [-0.39, 0.29) is 4.60 Å². The van der Waals surface area contributed by atoms with Crippen molar-refractivity contribution in [2.24, 2.45) is 0 Å². The van der Waals surface area contributed by atoms with E-state index in [0.29, 0.717) is 4.68 Å². The van der Waals surface area contributed by atoms with E-state index in [9.17, 15) is 8.78 Å². The van der Waals surface area contributed by atoms with Crippen molar-refractivity contribution in [1.29, 1.82) is 0 Å². The first-order valence-corrected chi connectivity index (χ1v) is 3.87. The molecular weight excluding hydrogens is 274 g/mol. The Morgan fingerprint density at radius 2 is 2.20 bits per heavy atom. The number of rotatable bonds is 1. The maximum atomic E-state index is 12.3. The lowest BCUT2D eigenvalue weighted by Crippen LogP contribution is -2.16. The van der Waals surface area contributed by atoms with Crippen LogP contribution in [0.15, 0.2) is 16.9 Å². The molecule has 0 atom stereocenters. The molecule has 10 heavy (non-hydrogen) atoms. The van der Waals surface area contributed by atoms with Crippen molar-refractivity contribution in [3.8, 4) is 0 Å². The van der Waals surface area contributed by atoms with Crippen LogP contribution in [0, 0.1) is 0 Å². The van der Waals surface area contributed by atoms with Gasteiger partial charge in [-0.25, -0.2) is 0 Å². The smallest absolute Gasteiger partial charge is 0.185 e. The molecule has 0 aliphatic rings. The standard InChI is InChI=1S/C4H2Br2F2N2/c5-3-1-2-9-10(3)4(6,7)8/h1-2H. The van der Waals surface area contributed by atoms with Gasteiger partial charge in [-0.3, -0.25) is 0 Å². The highest BCUT2D eigenvalue weighted by atomic mass is 79.9. The van der Waals surface area contributed by atoms with E-state index in [1.54, 1.807) is 0 Å². The van der Waals surface area contributed by atoms with Crippen LogP contribution < -0.4 is 0 Å². The average Bonchev–Trinajstić information content (AvgIpc) is 2.11. The number of alkyl halides is 3. The molecule has 0 spiro atoms. The van der Waals surface area contributed by atoms with Gasteiger partial charge in [0, 0.05) is 15.9 Å². The molecule has 1 aromatic rings. The molecule has 0 aliphatic carbocycles. The van der Waals surface area contributed by atoms with E-state index >= 15 is 0 Å². The molecule has 0 saturated carbocycles. The number of hydrogen-bond donors (Lipinski definition) is 0. The minimum absolute atomic E-state index is 0.231. The Morgan fingerprint density at radius 1 is 1.60 bits per heavy atom. The molecule has 0 bridgehead atoms. The van der Waals surface area contributed by atoms with Crippen molar-refractivity contribution in [3.05, 3.63) is 16.9 Å². The fourth-order valence-electron chi connectivity index (χ4n) is 0.474. The number of hydrogen-bond acceptors (Lipinski definition) is 1. The first kappa shape index (κ1) is 8.13. The van der Waals surface area contributed by atoms with Crippen LogP contribution in [0.1, 0.15) is 0 Å². The minimum Gasteiger partial charge on any atom is -0.185 e. The number of halogens is 4. The Morgan fingerprint density at radius 3 is 2.40 bits per heavy atom. The molecule has 0 radical (unpaired) electrons. The Labute approximate surface area is 72.5 Å². The van der Waals surface area contributed by atoms with Crippen molar-refractivity contribution >= 4 is 31.9 Å². The quantitative estimate of drug-likeness (QED) is 0.721. The predicted octanol–water partition coefficient (Wildman–Crippen LogP) is 2.55. The number of nitrogens with zero attached hydrogens (tertiary/aromatic N) is 2. The largest absolute Gasteiger partial charge is 0.401 e. The summed E-state index contributed by atoms with van der Waals surface area (Å²) in [6.45, 7) is 0. The topological polar surface area (TPSA) is 17.8 Å². The highest BCUT2D eigenvalue weighted by molar-refractivity contribution is 9.10. The van der Waals surface area contributed by atoms with E-state index in [4.69, 9.17) is 0 Å². The third-order valence-electron chi connectivity index (χ3n) is 0.837. The van der Waals surface area contributed by atoms with Gasteiger partial charge in [0.25, 0.3) is 0 Å². The highest BCUT2D eigenvalue weighted by Gasteiger charge is 2.28. The summed E-state index contributed by atoms with van der Waals surface area (Å²) in [6, 6.07) is 1.43. The van der Waals surface area contributed by atoms with Crippen LogP contribution in [0.5, 0.6) is 0 Å². The van der Waals surface area contributed by atoms with Gasteiger partial charge < -0.3 is 0 Å². The summed E-state index contributed by atoms with van der Waals surface area (Å²) in [5, 5.41) is 3.36. The average molecular weight is 276 g/mol. The highest BCUT2D eigenvalue weighted by Crippen LogP contribution is 2.30. The van der Waals surface area contributed by atoms with Crippen LogP contribution >= 0.6 is 31.9 Å². The van der Waals surface area contributed by atoms with Crippen molar-refractivity contribution in [3.63, 3.8) is 0 Å². The summed E-state index contributed by atoms with van der Waals surface area (Å²) in [4.78, 5) is -3.12. The maximum absolute atomic E-state index is 12.3. The van der Waals surface area contributed by atoms with E-state index in [0.717, 1.165) is 0 Å². The molecule has 0 aromatic carbocycles. The van der Waals surface area contributed by atoms with Gasteiger partial charge in [0.15, 0.2) is 0 Å². The Hall–Kier alpha value is 0.0300. The van der Waals surface area contributed by atoms with E-state index in [1.165, 1.54) is 12.3 Å². The van der Waals surface area contributed by atoms with Crippen molar-refractivity contribution in [2.45, 2.75) is 4.96 Å². The van der Waals surface area contributed by atoms with Crippen LogP contribution in [-0.2, 0) is 4.96 Å². The molecule has 2 nitrogen and oxygen atoms in total. The number of aromatic nitrogens is 2. The van der Waals surface area contributed by atoms with E-state index in [2.05, 4.69) is 37.0 Å². The molecule has 1 heterocycles. The molecule has 1 aromatic heterocycles. The molecule has 1 rings (SSSR count). The predicted molar refractivity (Wildman–Crippen MR) is 39.0 cm³/mol. The first-order chi connectivity index (χ1) is 4.52. The molecule has 0 unspecified atom stereocenters. The SMILES string of the molecule is FC(F)(Br)n1nccc1Br. The monoisotopic (exact) mass is 274 g/mol. The fraction of sp³-hybridized carbons (Fsp3) is 0.250. The zero-order valence-corrected chi connectivity index (χ0v) is 7.73. The van der Waals surface area contributed by atoms with Gasteiger partial charge >= 0.3 is 4.96 Å². The Kier molecular flexibility index (Phi) is 2.10. The fourth-order valence-corrected chi connectivity index (χ4v) is 1.43. The van der Waals surface area contributed by atoms with Crippen LogP contribution in [0.4, 0.5) is 8.78 Å². The molecular formula is C4H2Br2F2N2. The molecule has 0 saturated heterocycles. The minimum atomic E-state index is -3.12.